The second kappa shape index (κ2) is 11.0. The van der Waals surface area contributed by atoms with Crippen LogP contribution in [0.2, 0.25) is 0 Å². The third-order valence-electron chi connectivity index (χ3n) is 4.35. The maximum Gasteiger partial charge on any atom is 0.191 e. The molecule has 1 atom stereocenters. The fourth-order valence-electron chi connectivity index (χ4n) is 2.35. The summed E-state index contributed by atoms with van der Waals surface area (Å²) >= 11 is 0. The highest BCUT2D eigenvalue weighted by atomic mass is 127. The fourth-order valence-corrected chi connectivity index (χ4v) is 3.05. The Bertz CT molecular complexity index is 739. The maximum atomic E-state index is 14.2. The molecule has 1 unspecified atom stereocenters. The standard InChI is InChI=1S/C18H28FN3O3S.HI/c1-4-26(23,24)10-9-21-18(20-3)22-13(2)15-7-8-17(16(19)11-15)25-12-14-5-6-14;/h7-8,11,13-14H,4-6,9-10,12H2,1-3H3,(H2,20,21,22);1H. The Labute approximate surface area is 178 Å². The van der Waals surface area contributed by atoms with Crippen LogP contribution in [-0.4, -0.2) is 46.1 Å². The first-order chi connectivity index (χ1) is 12.3. The van der Waals surface area contributed by atoms with E-state index in [9.17, 15) is 12.8 Å². The summed E-state index contributed by atoms with van der Waals surface area (Å²) in [6.07, 6.45) is 2.32. The van der Waals surface area contributed by atoms with Gasteiger partial charge in [0.1, 0.15) is 0 Å². The van der Waals surface area contributed by atoms with E-state index in [4.69, 9.17) is 4.74 Å². The molecule has 1 aliphatic carbocycles. The van der Waals surface area contributed by atoms with E-state index in [0.717, 1.165) is 18.4 Å². The summed E-state index contributed by atoms with van der Waals surface area (Å²) in [7, 11) is -1.43. The van der Waals surface area contributed by atoms with Crippen LogP contribution in [0.4, 0.5) is 4.39 Å². The van der Waals surface area contributed by atoms with Gasteiger partial charge in [-0.1, -0.05) is 13.0 Å². The molecule has 1 saturated carbocycles. The Morgan fingerprint density at radius 2 is 2.11 bits per heavy atom. The van der Waals surface area contributed by atoms with Gasteiger partial charge >= 0.3 is 0 Å². The summed E-state index contributed by atoms with van der Waals surface area (Å²) < 4.78 is 42.8. The van der Waals surface area contributed by atoms with Crippen molar-refractivity contribution in [2.75, 3.05) is 31.7 Å². The SMILES string of the molecule is CCS(=O)(=O)CCNC(=NC)NC(C)c1ccc(OCC2CC2)c(F)c1.I. The lowest BCUT2D eigenvalue weighted by Gasteiger charge is -2.19. The summed E-state index contributed by atoms with van der Waals surface area (Å²) in [6, 6.07) is 4.72. The Kier molecular flexibility index (Phi) is 9.78. The van der Waals surface area contributed by atoms with Gasteiger partial charge in [0.25, 0.3) is 0 Å². The molecule has 0 bridgehead atoms. The Hall–Kier alpha value is -1.10. The number of nitrogens with one attached hydrogen (secondary N) is 2. The molecule has 0 heterocycles. The number of halogens is 2. The van der Waals surface area contributed by atoms with Gasteiger partial charge in [-0.15, -0.1) is 24.0 Å². The summed E-state index contributed by atoms with van der Waals surface area (Å²) in [5, 5.41) is 6.10. The van der Waals surface area contributed by atoms with Gasteiger partial charge in [0.15, 0.2) is 27.4 Å². The van der Waals surface area contributed by atoms with E-state index in [0.29, 0.717) is 18.5 Å². The van der Waals surface area contributed by atoms with E-state index in [1.165, 1.54) is 6.07 Å². The second-order valence-corrected chi connectivity index (χ2v) is 9.02. The zero-order valence-electron chi connectivity index (χ0n) is 16.0. The summed E-state index contributed by atoms with van der Waals surface area (Å²) in [5.41, 5.74) is 0.755. The third-order valence-corrected chi connectivity index (χ3v) is 6.06. The first kappa shape index (κ1) is 23.9. The van der Waals surface area contributed by atoms with Gasteiger partial charge in [-0.05, 0) is 43.4 Å². The Balaban J connectivity index is 0.00000364. The molecule has 1 aromatic rings. The van der Waals surface area contributed by atoms with Gasteiger partial charge in [0, 0.05) is 19.3 Å². The van der Waals surface area contributed by atoms with Crippen molar-refractivity contribution < 1.29 is 17.5 Å². The molecular weight excluding hydrogens is 484 g/mol. The molecule has 0 amide bonds. The van der Waals surface area contributed by atoms with Crippen molar-refractivity contribution in [2.24, 2.45) is 10.9 Å². The van der Waals surface area contributed by atoms with Crippen LogP contribution < -0.4 is 15.4 Å². The van der Waals surface area contributed by atoms with Gasteiger partial charge in [-0.2, -0.15) is 0 Å². The van der Waals surface area contributed by atoms with Gasteiger partial charge in [0.05, 0.1) is 18.4 Å². The molecule has 1 aliphatic rings. The molecule has 27 heavy (non-hydrogen) atoms. The van der Waals surface area contributed by atoms with E-state index in [1.807, 2.05) is 13.0 Å². The lowest BCUT2D eigenvalue weighted by Crippen LogP contribution is -2.40. The van der Waals surface area contributed by atoms with Crippen molar-refractivity contribution in [1.82, 2.24) is 10.6 Å². The first-order valence-corrected chi connectivity index (χ1v) is 10.8. The first-order valence-electron chi connectivity index (χ1n) is 8.94. The molecule has 9 heteroatoms. The average Bonchev–Trinajstić information content (AvgIpc) is 3.43. The molecule has 1 fully saturated rings. The predicted octanol–water partition coefficient (Wildman–Crippen LogP) is 2.89. The van der Waals surface area contributed by atoms with Gasteiger partial charge in [-0.3, -0.25) is 4.99 Å². The number of rotatable bonds is 9. The molecule has 2 rings (SSSR count). The molecule has 6 nitrogen and oxygen atoms in total. The van der Waals surface area contributed by atoms with Crippen molar-refractivity contribution in [1.29, 1.82) is 0 Å². The molecule has 0 aliphatic heterocycles. The summed E-state index contributed by atoms with van der Waals surface area (Å²) in [6.45, 7) is 4.35. The smallest absolute Gasteiger partial charge is 0.191 e. The predicted molar refractivity (Wildman–Crippen MR) is 117 cm³/mol. The molecule has 0 aromatic heterocycles. The second-order valence-electron chi connectivity index (χ2n) is 6.55. The monoisotopic (exact) mass is 513 g/mol. The van der Waals surface area contributed by atoms with Crippen molar-refractivity contribution in [3.63, 3.8) is 0 Å². The minimum Gasteiger partial charge on any atom is -0.490 e. The summed E-state index contributed by atoms with van der Waals surface area (Å²) in [4.78, 5) is 4.08. The van der Waals surface area contributed by atoms with E-state index < -0.39 is 9.84 Å². The van der Waals surface area contributed by atoms with Crippen LogP contribution in [0.1, 0.15) is 38.3 Å². The van der Waals surface area contributed by atoms with E-state index in [-0.39, 0.29) is 59.6 Å². The molecule has 1 aromatic carbocycles. The minimum atomic E-state index is -3.03. The molecule has 0 spiro atoms. The van der Waals surface area contributed by atoms with Crippen LogP contribution in [0.25, 0.3) is 0 Å². The van der Waals surface area contributed by atoms with Crippen LogP contribution in [-0.2, 0) is 9.84 Å². The largest absolute Gasteiger partial charge is 0.490 e. The molecule has 2 N–H and O–H groups in total. The van der Waals surface area contributed by atoms with Crippen LogP contribution in [0.3, 0.4) is 0 Å². The highest BCUT2D eigenvalue weighted by Gasteiger charge is 2.22. The Morgan fingerprint density at radius 3 is 2.67 bits per heavy atom. The minimum absolute atomic E-state index is 0. The number of sulfone groups is 1. The van der Waals surface area contributed by atoms with Crippen molar-refractivity contribution in [3.8, 4) is 5.75 Å². The normalized spacial score (nSPS) is 15.6. The number of ether oxygens (including phenoxy) is 1. The van der Waals surface area contributed by atoms with Crippen molar-refractivity contribution >= 4 is 39.8 Å². The van der Waals surface area contributed by atoms with E-state index in [1.54, 1.807) is 20.0 Å². The van der Waals surface area contributed by atoms with Gasteiger partial charge < -0.3 is 15.4 Å². The van der Waals surface area contributed by atoms with Crippen LogP contribution >= 0.6 is 24.0 Å². The third kappa shape index (κ3) is 8.20. The highest BCUT2D eigenvalue weighted by Crippen LogP contribution is 2.30. The van der Waals surface area contributed by atoms with Crippen molar-refractivity contribution in [2.45, 2.75) is 32.7 Å². The number of aliphatic imine (C=N–C) groups is 1. The molecule has 0 saturated heterocycles. The summed E-state index contributed by atoms with van der Waals surface area (Å²) in [5.74, 6) is 1.10. The zero-order valence-corrected chi connectivity index (χ0v) is 19.1. The fraction of sp³-hybridized carbons (Fsp3) is 0.611. The number of benzene rings is 1. The maximum absolute atomic E-state index is 14.2. The highest BCUT2D eigenvalue weighted by molar-refractivity contribution is 14.0. The Morgan fingerprint density at radius 1 is 1.41 bits per heavy atom. The number of hydrogen-bond donors (Lipinski definition) is 2. The lowest BCUT2D eigenvalue weighted by molar-refractivity contribution is 0.285. The van der Waals surface area contributed by atoms with Crippen molar-refractivity contribution in [3.05, 3.63) is 29.6 Å². The average molecular weight is 513 g/mol. The zero-order chi connectivity index (χ0) is 19.2. The molecule has 154 valence electrons. The molecular formula is C18H29FIN3O3S. The van der Waals surface area contributed by atoms with Crippen LogP contribution in [0.5, 0.6) is 5.75 Å². The van der Waals surface area contributed by atoms with Gasteiger partial charge in [0.2, 0.25) is 0 Å². The van der Waals surface area contributed by atoms with E-state index >= 15 is 0 Å². The number of hydrogen-bond acceptors (Lipinski definition) is 4. The van der Waals surface area contributed by atoms with Crippen LogP contribution in [0, 0.1) is 11.7 Å². The molecule has 0 radical (unpaired) electrons. The van der Waals surface area contributed by atoms with Gasteiger partial charge in [-0.25, -0.2) is 12.8 Å². The quantitative estimate of drug-likeness (QED) is 0.302. The number of nitrogens with zero attached hydrogens (tertiary/aromatic N) is 1. The van der Waals surface area contributed by atoms with Crippen LogP contribution in [0.15, 0.2) is 23.2 Å². The number of guanidine groups is 1. The topological polar surface area (TPSA) is 79.8 Å². The lowest BCUT2D eigenvalue weighted by atomic mass is 10.1. The van der Waals surface area contributed by atoms with E-state index in [2.05, 4.69) is 15.6 Å².